The number of aromatic nitrogens is 1. The van der Waals surface area contributed by atoms with Crippen LogP contribution in [0, 0.1) is 17.6 Å². The van der Waals surface area contributed by atoms with Crippen LogP contribution < -0.4 is 4.74 Å². The van der Waals surface area contributed by atoms with Crippen LogP contribution in [0.2, 0.25) is 0 Å². The maximum atomic E-state index is 13.2. The first-order chi connectivity index (χ1) is 7.66. The maximum Gasteiger partial charge on any atom is 0.222 e. The zero-order chi connectivity index (χ0) is 11.5. The number of rotatable bonds is 2. The van der Waals surface area contributed by atoms with Gasteiger partial charge in [-0.25, -0.2) is 4.39 Å². The van der Waals surface area contributed by atoms with Gasteiger partial charge in [0.25, 0.3) is 0 Å². The molecule has 0 atom stereocenters. The van der Waals surface area contributed by atoms with Crippen LogP contribution >= 0.6 is 0 Å². The van der Waals surface area contributed by atoms with E-state index in [-0.39, 0.29) is 11.6 Å². The number of pyridine rings is 1. The van der Waals surface area contributed by atoms with Gasteiger partial charge in [0.1, 0.15) is 0 Å². The monoisotopic (exact) mass is 225 g/mol. The van der Waals surface area contributed by atoms with Crippen molar-refractivity contribution < 1.29 is 17.9 Å². The molecule has 1 aromatic heterocycles. The van der Waals surface area contributed by atoms with E-state index in [1.807, 2.05) is 0 Å². The fraction of sp³-hybridized carbons (Fsp3) is 0. The average molecular weight is 225 g/mol. The molecule has 0 fully saturated rings. The van der Waals surface area contributed by atoms with Crippen LogP contribution in [-0.2, 0) is 0 Å². The number of hydrogen-bond donors (Lipinski definition) is 0. The molecule has 0 saturated carbocycles. The smallest absolute Gasteiger partial charge is 0.222 e. The molecular formula is C11H6F3NO. The van der Waals surface area contributed by atoms with Crippen molar-refractivity contribution in [3.8, 4) is 11.6 Å². The molecule has 0 amide bonds. The Morgan fingerprint density at radius 1 is 0.938 bits per heavy atom. The minimum absolute atomic E-state index is 0.135. The molecule has 0 unspecified atom stereocenters. The standard InChI is InChI=1S/C11H6F3NO/c12-7-3-1-4-8(11(7)14)16-10-6-2-5-9(13)15-10/h1-6H. The predicted molar refractivity (Wildman–Crippen MR) is 50.6 cm³/mol. The van der Waals surface area contributed by atoms with Crippen molar-refractivity contribution in [2.75, 3.05) is 0 Å². The van der Waals surface area contributed by atoms with Gasteiger partial charge in [-0.2, -0.15) is 13.8 Å². The second-order valence-electron chi connectivity index (χ2n) is 2.95. The number of benzene rings is 1. The Balaban J connectivity index is 2.31. The van der Waals surface area contributed by atoms with Gasteiger partial charge in [-0.15, -0.1) is 0 Å². The van der Waals surface area contributed by atoms with E-state index in [0.717, 1.165) is 12.1 Å². The fourth-order valence-electron chi connectivity index (χ4n) is 1.12. The summed E-state index contributed by atoms with van der Waals surface area (Å²) >= 11 is 0. The highest BCUT2D eigenvalue weighted by molar-refractivity contribution is 5.29. The topological polar surface area (TPSA) is 22.1 Å². The lowest BCUT2D eigenvalue weighted by atomic mass is 10.3. The van der Waals surface area contributed by atoms with Crippen molar-refractivity contribution in [2.45, 2.75) is 0 Å². The minimum Gasteiger partial charge on any atom is -0.436 e. The first-order valence-electron chi connectivity index (χ1n) is 4.41. The lowest BCUT2D eigenvalue weighted by Gasteiger charge is -2.05. The zero-order valence-electron chi connectivity index (χ0n) is 7.95. The third kappa shape index (κ3) is 2.13. The Labute approximate surface area is 89.3 Å². The maximum absolute atomic E-state index is 13.2. The molecule has 0 aliphatic carbocycles. The van der Waals surface area contributed by atoms with Crippen molar-refractivity contribution >= 4 is 0 Å². The lowest BCUT2D eigenvalue weighted by Crippen LogP contribution is -1.94. The molecule has 0 bridgehead atoms. The molecule has 2 rings (SSSR count). The van der Waals surface area contributed by atoms with Crippen LogP contribution in [-0.4, -0.2) is 4.98 Å². The minimum atomic E-state index is -1.13. The molecule has 0 spiro atoms. The molecular weight excluding hydrogens is 219 g/mol. The highest BCUT2D eigenvalue weighted by atomic mass is 19.2. The number of ether oxygens (including phenoxy) is 1. The van der Waals surface area contributed by atoms with Gasteiger partial charge in [-0.3, -0.25) is 0 Å². The second-order valence-corrected chi connectivity index (χ2v) is 2.95. The summed E-state index contributed by atoms with van der Waals surface area (Å²) in [5.41, 5.74) is 0. The Kier molecular flexibility index (Phi) is 2.76. The summed E-state index contributed by atoms with van der Waals surface area (Å²) in [4.78, 5) is 3.36. The van der Waals surface area contributed by atoms with Gasteiger partial charge in [0, 0.05) is 6.07 Å². The molecule has 0 N–H and O–H groups in total. The SMILES string of the molecule is Fc1cccc(Oc2cccc(F)c2F)n1. The van der Waals surface area contributed by atoms with Crippen LogP contribution in [0.4, 0.5) is 13.2 Å². The fourth-order valence-corrected chi connectivity index (χ4v) is 1.12. The first kappa shape index (κ1) is 10.5. The zero-order valence-corrected chi connectivity index (χ0v) is 7.95. The Morgan fingerprint density at radius 2 is 1.69 bits per heavy atom. The van der Waals surface area contributed by atoms with E-state index >= 15 is 0 Å². The van der Waals surface area contributed by atoms with Crippen LogP contribution in [0.15, 0.2) is 36.4 Å². The number of halogens is 3. The lowest BCUT2D eigenvalue weighted by molar-refractivity contribution is 0.398. The molecule has 0 saturated heterocycles. The van der Waals surface area contributed by atoms with E-state index in [2.05, 4.69) is 4.98 Å². The van der Waals surface area contributed by atoms with Crippen LogP contribution in [0.3, 0.4) is 0 Å². The molecule has 82 valence electrons. The number of hydrogen-bond acceptors (Lipinski definition) is 2. The summed E-state index contributed by atoms with van der Waals surface area (Å²) in [6, 6.07) is 7.29. The van der Waals surface area contributed by atoms with Crippen LogP contribution in [0.1, 0.15) is 0 Å². The molecule has 2 aromatic rings. The molecule has 0 aliphatic heterocycles. The van der Waals surface area contributed by atoms with Gasteiger partial charge in [0.2, 0.25) is 17.6 Å². The average Bonchev–Trinajstić information content (AvgIpc) is 2.25. The second kappa shape index (κ2) is 4.22. The Bertz CT molecular complexity index is 516. The summed E-state index contributed by atoms with van der Waals surface area (Å²) in [7, 11) is 0. The van der Waals surface area contributed by atoms with E-state index in [1.165, 1.54) is 24.3 Å². The molecule has 2 nitrogen and oxygen atoms in total. The summed E-state index contributed by atoms with van der Waals surface area (Å²) in [6.45, 7) is 0. The molecule has 5 heteroatoms. The van der Waals surface area contributed by atoms with Crippen molar-refractivity contribution in [1.82, 2.24) is 4.98 Å². The Morgan fingerprint density at radius 3 is 2.44 bits per heavy atom. The number of nitrogens with zero attached hydrogens (tertiary/aromatic N) is 1. The van der Waals surface area contributed by atoms with E-state index in [4.69, 9.17) is 4.74 Å². The molecule has 1 aromatic carbocycles. The van der Waals surface area contributed by atoms with Crippen LogP contribution in [0.5, 0.6) is 11.6 Å². The van der Waals surface area contributed by atoms with Crippen molar-refractivity contribution in [1.29, 1.82) is 0 Å². The van der Waals surface area contributed by atoms with E-state index in [0.29, 0.717) is 0 Å². The van der Waals surface area contributed by atoms with Crippen molar-refractivity contribution in [3.05, 3.63) is 54.0 Å². The molecule has 0 aliphatic rings. The highest BCUT2D eigenvalue weighted by Gasteiger charge is 2.10. The molecule has 0 radical (unpaired) electrons. The van der Waals surface area contributed by atoms with E-state index < -0.39 is 17.6 Å². The third-order valence-electron chi connectivity index (χ3n) is 1.82. The van der Waals surface area contributed by atoms with Gasteiger partial charge in [0.15, 0.2) is 11.6 Å². The highest BCUT2D eigenvalue weighted by Crippen LogP contribution is 2.24. The Hall–Kier alpha value is -2.04. The van der Waals surface area contributed by atoms with Gasteiger partial charge in [0.05, 0.1) is 0 Å². The van der Waals surface area contributed by atoms with Crippen LogP contribution in [0.25, 0.3) is 0 Å². The van der Waals surface area contributed by atoms with Gasteiger partial charge < -0.3 is 4.74 Å². The van der Waals surface area contributed by atoms with Gasteiger partial charge in [-0.1, -0.05) is 12.1 Å². The molecule has 1 heterocycles. The summed E-state index contributed by atoms with van der Waals surface area (Å²) in [6.07, 6.45) is 0. The van der Waals surface area contributed by atoms with Crippen molar-refractivity contribution in [2.24, 2.45) is 0 Å². The summed E-state index contributed by atoms with van der Waals surface area (Å²) in [5.74, 6) is -3.39. The summed E-state index contributed by atoms with van der Waals surface area (Å²) in [5, 5.41) is 0. The third-order valence-corrected chi connectivity index (χ3v) is 1.82. The quantitative estimate of drug-likeness (QED) is 0.731. The van der Waals surface area contributed by atoms with E-state index in [9.17, 15) is 13.2 Å². The largest absolute Gasteiger partial charge is 0.436 e. The van der Waals surface area contributed by atoms with Gasteiger partial charge >= 0.3 is 0 Å². The normalized spacial score (nSPS) is 10.2. The van der Waals surface area contributed by atoms with Crippen molar-refractivity contribution in [3.63, 3.8) is 0 Å². The molecule has 16 heavy (non-hydrogen) atoms. The summed E-state index contributed by atoms with van der Waals surface area (Å²) < 4.78 is 43.6. The van der Waals surface area contributed by atoms with Gasteiger partial charge in [-0.05, 0) is 18.2 Å². The predicted octanol–water partition coefficient (Wildman–Crippen LogP) is 3.29. The van der Waals surface area contributed by atoms with E-state index in [1.54, 1.807) is 0 Å². The first-order valence-corrected chi connectivity index (χ1v) is 4.41.